The highest BCUT2D eigenvalue weighted by atomic mass is 35.5. The van der Waals surface area contributed by atoms with Crippen molar-refractivity contribution in [1.29, 1.82) is 0 Å². The van der Waals surface area contributed by atoms with Gasteiger partial charge in [0.15, 0.2) is 0 Å². The number of nitrogens with two attached hydrogens (primary N) is 1. The third kappa shape index (κ3) is 1.78. The van der Waals surface area contributed by atoms with Crippen LogP contribution < -0.4 is 11.1 Å². The Labute approximate surface area is 72.0 Å². The van der Waals surface area contributed by atoms with E-state index in [9.17, 15) is 4.79 Å². The van der Waals surface area contributed by atoms with Gasteiger partial charge in [0.2, 0.25) is 0 Å². The van der Waals surface area contributed by atoms with Crippen LogP contribution in [-0.4, -0.2) is 21.1 Å². The van der Waals surface area contributed by atoms with Gasteiger partial charge in [0.1, 0.15) is 5.15 Å². The van der Waals surface area contributed by atoms with Gasteiger partial charge in [0.25, 0.3) is 5.91 Å². The summed E-state index contributed by atoms with van der Waals surface area (Å²) in [5.74, 6) is -0.538. The first kappa shape index (κ1) is 8.23. The van der Waals surface area contributed by atoms with Gasteiger partial charge in [-0.25, -0.2) is 4.98 Å². The lowest BCUT2D eigenvalue weighted by molar-refractivity contribution is 0.1000. The van der Waals surface area contributed by atoms with Gasteiger partial charge in [-0.2, -0.15) is 0 Å². The van der Waals surface area contributed by atoms with Gasteiger partial charge in [0.05, 0.1) is 15.8 Å². The van der Waals surface area contributed by atoms with E-state index in [2.05, 4.69) is 4.98 Å². The van der Waals surface area contributed by atoms with Gasteiger partial charge in [0, 0.05) is 5.32 Å². The van der Waals surface area contributed by atoms with E-state index in [4.69, 9.17) is 17.3 Å². The lowest BCUT2D eigenvalue weighted by atomic mass is 10.3. The quantitative estimate of drug-likeness (QED) is 0.444. The van der Waals surface area contributed by atoms with Crippen LogP contribution in [0.2, 0.25) is 5.15 Å². The van der Waals surface area contributed by atoms with E-state index < -0.39 is 5.91 Å². The zero-order valence-electron chi connectivity index (χ0n) is 5.97. The average Bonchev–Trinajstić information content (AvgIpc) is 1.85. The van der Waals surface area contributed by atoms with Crippen molar-refractivity contribution in [3.8, 4) is 0 Å². The molecule has 1 aromatic rings. The van der Waals surface area contributed by atoms with E-state index in [0.717, 1.165) is 15.6 Å². The Balaban J connectivity index is 3.20. The van der Waals surface area contributed by atoms with Crippen LogP contribution >= 0.6 is 11.6 Å². The second-order valence-corrected chi connectivity index (χ2v) is 3.54. The van der Waals surface area contributed by atoms with Crippen LogP contribution in [0.25, 0.3) is 0 Å². The molecule has 11 heavy (non-hydrogen) atoms. The Kier molecular flexibility index (Phi) is 2.26. The Bertz CT molecular complexity index is 303. The fraction of sp³-hybridized carbons (Fsp3) is 0. The summed E-state index contributed by atoms with van der Waals surface area (Å²) in [6, 6.07) is 3.35. The molecule has 5 heteroatoms. The van der Waals surface area contributed by atoms with Crippen LogP contribution in [0.1, 0.15) is 10.4 Å². The van der Waals surface area contributed by atoms with Crippen molar-refractivity contribution in [2.45, 2.75) is 0 Å². The maximum atomic E-state index is 10.6. The van der Waals surface area contributed by atoms with Crippen molar-refractivity contribution in [1.82, 2.24) is 4.98 Å². The van der Waals surface area contributed by atoms with Crippen LogP contribution in [-0.2, 0) is 0 Å². The number of aromatic nitrogens is 1. The second-order valence-electron chi connectivity index (χ2n) is 2.16. The van der Waals surface area contributed by atoms with Crippen molar-refractivity contribution in [3.63, 3.8) is 0 Å². The minimum absolute atomic E-state index is 0.199. The molecule has 1 rings (SSSR count). The number of amides is 1. The molecule has 2 N–H and O–H groups in total. The number of hydrogen-bond donors (Lipinski definition) is 1. The molecule has 58 valence electrons. The number of nitrogens with zero attached hydrogens (tertiary/aromatic N) is 1. The highest BCUT2D eigenvalue weighted by Gasteiger charge is 2.05. The number of primary amides is 1. The van der Waals surface area contributed by atoms with E-state index in [1.165, 1.54) is 0 Å². The van der Waals surface area contributed by atoms with Gasteiger partial charge < -0.3 is 5.73 Å². The molecule has 0 aliphatic carbocycles. The van der Waals surface area contributed by atoms with Crippen LogP contribution in [0.4, 0.5) is 0 Å². The molecule has 1 heterocycles. The van der Waals surface area contributed by atoms with Gasteiger partial charge in [-0.3, -0.25) is 4.79 Å². The maximum Gasteiger partial charge on any atom is 0.251 e. The lowest BCUT2D eigenvalue weighted by Gasteiger charge is -1.98. The predicted molar refractivity (Wildman–Crippen MR) is 47.3 cm³/mol. The number of pyridine rings is 1. The first-order valence-corrected chi connectivity index (χ1v) is 4.42. The summed E-state index contributed by atoms with van der Waals surface area (Å²) in [5.41, 5.74) is 5.30. The fourth-order valence-corrected chi connectivity index (χ4v) is 1.53. The Morgan fingerprint density at radius 1 is 1.64 bits per heavy atom. The van der Waals surface area contributed by atoms with Crippen LogP contribution in [0.5, 0.6) is 0 Å². The molecule has 0 saturated heterocycles. The second kappa shape index (κ2) is 3.02. The third-order valence-electron chi connectivity index (χ3n) is 1.25. The molecular weight excluding hydrogens is 180 g/mol. The minimum Gasteiger partial charge on any atom is -0.366 e. The SMILES string of the molecule is NC(=O)c1ccc([SiH3])nc1Cl. The van der Waals surface area contributed by atoms with E-state index in [1.54, 1.807) is 12.1 Å². The molecule has 1 amide bonds. The summed E-state index contributed by atoms with van der Waals surface area (Å²) in [5, 5.41) is 1.10. The lowest BCUT2D eigenvalue weighted by Crippen LogP contribution is -2.16. The van der Waals surface area contributed by atoms with Crippen molar-refractivity contribution in [3.05, 3.63) is 22.8 Å². The van der Waals surface area contributed by atoms with Gasteiger partial charge in [-0.15, -0.1) is 0 Å². The van der Waals surface area contributed by atoms with Crippen molar-refractivity contribution in [2.75, 3.05) is 0 Å². The standard InChI is InChI=1S/C6H7ClN2OSi/c7-5-3(6(8)10)1-2-4(11)9-5/h1-2H,11H3,(H2,8,10). The van der Waals surface area contributed by atoms with Crippen molar-refractivity contribution < 1.29 is 4.79 Å². The number of halogens is 1. The molecule has 0 bridgehead atoms. The summed E-state index contributed by atoms with van der Waals surface area (Å²) in [6.07, 6.45) is 0. The first-order chi connectivity index (χ1) is 5.11. The Morgan fingerprint density at radius 3 is 2.73 bits per heavy atom. The van der Waals surface area contributed by atoms with Crippen LogP contribution in [0.15, 0.2) is 12.1 Å². The van der Waals surface area contributed by atoms with Crippen LogP contribution in [0.3, 0.4) is 0 Å². The zero-order valence-corrected chi connectivity index (χ0v) is 8.72. The highest BCUT2D eigenvalue weighted by molar-refractivity contribution is 6.35. The van der Waals surface area contributed by atoms with E-state index in [-0.39, 0.29) is 10.7 Å². The van der Waals surface area contributed by atoms with Crippen molar-refractivity contribution >= 4 is 33.1 Å². The molecule has 0 aromatic carbocycles. The maximum absolute atomic E-state index is 10.6. The van der Waals surface area contributed by atoms with Gasteiger partial charge >= 0.3 is 0 Å². The molecule has 0 unspecified atom stereocenters. The topological polar surface area (TPSA) is 56.0 Å². The molecule has 0 fully saturated rings. The molecule has 0 aliphatic rings. The summed E-state index contributed by atoms with van der Waals surface area (Å²) >= 11 is 5.63. The molecule has 0 spiro atoms. The molecular formula is C6H7ClN2OSi. The van der Waals surface area contributed by atoms with E-state index >= 15 is 0 Å². The largest absolute Gasteiger partial charge is 0.366 e. The number of hydrogen-bond acceptors (Lipinski definition) is 2. The first-order valence-electron chi connectivity index (χ1n) is 3.04. The highest BCUT2D eigenvalue weighted by Crippen LogP contribution is 2.08. The molecule has 0 radical (unpaired) electrons. The Hall–Kier alpha value is -0.873. The molecule has 3 nitrogen and oxygen atoms in total. The molecule has 0 atom stereocenters. The predicted octanol–water partition coefficient (Wildman–Crippen LogP) is -1.18. The van der Waals surface area contributed by atoms with E-state index in [1.807, 2.05) is 0 Å². The number of rotatable bonds is 1. The van der Waals surface area contributed by atoms with Crippen LogP contribution in [0, 0.1) is 0 Å². The number of carbonyl (C=O) groups excluding carboxylic acids is 1. The zero-order chi connectivity index (χ0) is 8.43. The summed E-state index contributed by atoms with van der Waals surface area (Å²) < 4.78 is 0. The molecule has 1 aromatic heterocycles. The summed E-state index contributed by atoms with van der Waals surface area (Å²) in [4.78, 5) is 14.6. The van der Waals surface area contributed by atoms with Crippen molar-refractivity contribution in [2.24, 2.45) is 5.73 Å². The molecule has 0 aliphatic heterocycles. The Morgan fingerprint density at radius 2 is 2.27 bits per heavy atom. The summed E-state index contributed by atoms with van der Waals surface area (Å²) in [6.45, 7) is 0. The normalized spacial score (nSPS) is 9.91. The molecule has 0 saturated carbocycles. The van der Waals surface area contributed by atoms with E-state index in [0.29, 0.717) is 0 Å². The number of carbonyl (C=O) groups is 1. The smallest absolute Gasteiger partial charge is 0.251 e. The monoisotopic (exact) mass is 186 g/mol. The van der Waals surface area contributed by atoms with Gasteiger partial charge in [-0.1, -0.05) is 11.6 Å². The summed E-state index contributed by atoms with van der Waals surface area (Å²) in [7, 11) is 0.818. The van der Waals surface area contributed by atoms with Gasteiger partial charge in [-0.05, 0) is 12.1 Å². The minimum atomic E-state index is -0.538. The third-order valence-corrected chi connectivity index (χ3v) is 2.10. The fourth-order valence-electron chi connectivity index (χ4n) is 0.709. The average molecular weight is 187 g/mol.